The molecular weight excluding hydrogens is 326 g/mol. The molecule has 2 nitrogen and oxygen atoms in total. The van der Waals surface area contributed by atoms with Gasteiger partial charge in [-0.2, -0.15) is 0 Å². The van der Waals surface area contributed by atoms with E-state index in [9.17, 15) is 0 Å². The Labute approximate surface area is 135 Å². The molecule has 21 heavy (non-hydrogen) atoms. The maximum Gasteiger partial charge on any atom is 0.141 e. The van der Waals surface area contributed by atoms with E-state index < -0.39 is 0 Å². The molecule has 1 N–H and O–H groups in total. The number of hydrogen-bond donors (Lipinski definition) is 1. The summed E-state index contributed by atoms with van der Waals surface area (Å²) in [7, 11) is 1.96. The normalized spacial score (nSPS) is 12.5. The van der Waals surface area contributed by atoms with Gasteiger partial charge in [-0.25, -0.2) is 0 Å². The molecule has 1 unspecified atom stereocenters. The summed E-state index contributed by atoms with van der Waals surface area (Å²) < 4.78 is 6.91. The van der Waals surface area contributed by atoms with E-state index >= 15 is 0 Å². The zero-order valence-corrected chi connectivity index (χ0v) is 14.6. The average Bonchev–Trinajstić information content (AvgIpc) is 2.49. The molecule has 0 aromatic heterocycles. The van der Waals surface area contributed by atoms with Gasteiger partial charge in [0.1, 0.15) is 11.5 Å². The monoisotopic (exact) mass is 347 g/mol. The van der Waals surface area contributed by atoms with Gasteiger partial charge in [0.25, 0.3) is 0 Å². The maximum atomic E-state index is 5.94. The number of halogens is 1. The van der Waals surface area contributed by atoms with Crippen LogP contribution in [0.3, 0.4) is 0 Å². The lowest BCUT2D eigenvalue weighted by molar-refractivity contribution is 0.478. The van der Waals surface area contributed by atoms with Gasteiger partial charge in [0, 0.05) is 6.04 Å². The molecule has 0 radical (unpaired) electrons. The summed E-state index contributed by atoms with van der Waals surface area (Å²) in [5.74, 6) is 2.22. The van der Waals surface area contributed by atoms with Crippen molar-refractivity contribution in [2.75, 3.05) is 7.05 Å². The Hall–Kier alpha value is -1.32. The zero-order chi connectivity index (χ0) is 15.4. The minimum Gasteiger partial charge on any atom is -0.456 e. The van der Waals surface area contributed by atoms with E-state index in [0.29, 0.717) is 12.0 Å². The summed E-state index contributed by atoms with van der Waals surface area (Å²) >= 11 is 3.59. The lowest BCUT2D eigenvalue weighted by Gasteiger charge is -2.14. The SMILES string of the molecule is CNC(C)c1ccc(Oc2ccc(C(C)C)cc2)c(Br)c1. The predicted molar refractivity (Wildman–Crippen MR) is 92.2 cm³/mol. The van der Waals surface area contributed by atoms with Crippen molar-refractivity contribution in [3.8, 4) is 11.5 Å². The van der Waals surface area contributed by atoms with Crippen molar-refractivity contribution in [1.82, 2.24) is 5.32 Å². The van der Waals surface area contributed by atoms with Gasteiger partial charge in [-0.1, -0.05) is 32.0 Å². The molecule has 0 saturated heterocycles. The Bertz CT molecular complexity index is 593. The molecule has 0 amide bonds. The molecule has 2 aromatic carbocycles. The number of ether oxygens (including phenoxy) is 1. The minimum atomic E-state index is 0.320. The van der Waals surface area contributed by atoms with Crippen LogP contribution in [-0.2, 0) is 0 Å². The van der Waals surface area contributed by atoms with E-state index in [4.69, 9.17) is 4.74 Å². The molecular formula is C18H22BrNO. The van der Waals surface area contributed by atoms with Crippen LogP contribution in [0.5, 0.6) is 11.5 Å². The quantitative estimate of drug-likeness (QED) is 0.754. The van der Waals surface area contributed by atoms with Gasteiger partial charge in [-0.15, -0.1) is 0 Å². The first-order valence-electron chi connectivity index (χ1n) is 7.25. The molecule has 0 aliphatic rings. The molecule has 0 aliphatic heterocycles. The Morgan fingerprint density at radius 3 is 2.10 bits per heavy atom. The number of hydrogen-bond acceptors (Lipinski definition) is 2. The van der Waals surface area contributed by atoms with Gasteiger partial charge in [0.05, 0.1) is 4.47 Å². The largest absolute Gasteiger partial charge is 0.456 e. The summed E-state index contributed by atoms with van der Waals surface area (Å²) in [6.45, 7) is 6.51. The van der Waals surface area contributed by atoms with Crippen molar-refractivity contribution in [3.05, 3.63) is 58.1 Å². The van der Waals surface area contributed by atoms with Gasteiger partial charge in [0.15, 0.2) is 0 Å². The Balaban J connectivity index is 2.16. The topological polar surface area (TPSA) is 21.3 Å². The van der Waals surface area contributed by atoms with Gasteiger partial charge in [-0.3, -0.25) is 0 Å². The lowest BCUT2D eigenvalue weighted by Crippen LogP contribution is -2.12. The molecule has 2 rings (SSSR count). The number of nitrogens with one attached hydrogen (secondary N) is 1. The van der Waals surface area contributed by atoms with Crippen LogP contribution in [0, 0.1) is 0 Å². The van der Waals surface area contributed by atoms with Crippen molar-refractivity contribution in [2.24, 2.45) is 0 Å². The molecule has 0 heterocycles. The summed E-state index contributed by atoms with van der Waals surface area (Å²) in [6, 6.07) is 14.8. The Morgan fingerprint density at radius 2 is 1.57 bits per heavy atom. The fraction of sp³-hybridized carbons (Fsp3) is 0.333. The molecule has 0 saturated carbocycles. The second-order valence-corrected chi connectivity index (χ2v) is 6.38. The third kappa shape index (κ3) is 4.08. The predicted octanol–water partition coefficient (Wildman–Crippen LogP) is 5.65. The molecule has 112 valence electrons. The first kappa shape index (κ1) is 16.1. The molecule has 0 spiro atoms. The summed E-state index contributed by atoms with van der Waals surface area (Å²) in [4.78, 5) is 0. The van der Waals surface area contributed by atoms with Crippen molar-refractivity contribution in [1.29, 1.82) is 0 Å². The van der Waals surface area contributed by atoms with Crippen LogP contribution >= 0.6 is 15.9 Å². The zero-order valence-electron chi connectivity index (χ0n) is 13.0. The van der Waals surface area contributed by atoms with E-state index in [-0.39, 0.29) is 0 Å². The summed E-state index contributed by atoms with van der Waals surface area (Å²) in [5, 5.41) is 3.23. The van der Waals surface area contributed by atoms with E-state index in [1.54, 1.807) is 0 Å². The molecule has 1 atom stereocenters. The number of benzene rings is 2. The van der Waals surface area contributed by atoms with Gasteiger partial charge >= 0.3 is 0 Å². The van der Waals surface area contributed by atoms with Crippen LogP contribution in [0.1, 0.15) is 43.9 Å². The van der Waals surface area contributed by atoms with Gasteiger partial charge < -0.3 is 10.1 Å². The fourth-order valence-corrected chi connectivity index (χ4v) is 2.56. The van der Waals surface area contributed by atoms with Crippen LogP contribution in [0.2, 0.25) is 0 Å². The Morgan fingerprint density at radius 1 is 0.952 bits per heavy atom. The first-order valence-corrected chi connectivity index (χ1v) is 8.05. The first-order chi connectivity index (χ1) is 10.0. The fourth-order valence-electron chi connectivity index (χ4n) is 2.08. The van der Waals surface area contributed by atoms with Crippen LogP contribution in [0.25, 0.3) is 0 Å². The van der Waals surface area contributed by atoms with Gasteiger partial charge in [0.2, 0.25) is 0 Å². The summed E-state index contributed by atoms with van der Waals surface area (Å²) in [5.41, 5.74) is 2.55. The third-order valence-corrected chi connectivity index (χ3v) is 4.28. The van der Waals surface area contributed by atoms with E-state index in [2.05, 4.69) is 66.3 Å². The minimum absolute atomic E-state index is 0.320. The standard InChI is InChI=1S/C18H22BrNO/c1-12(2)14-5-8-16(9-6-14)21-18-10-7-15(11-17(18)19)13(3)20-4/h5-13,20H,1-4H3. The molecule has 0 bridgehead atoms. The van der Waals surface area contributed by atoms with Crippen LogP contribution in [0.4, 0.5) is 0 Å². The van der Waals surface area contributed by atoms with E-state index in [1.807, 2.05) is 25.2 Å². The smallest absolute Gasteiger partial charge is 0.141 e. The highest BCUT2D eigenvalue weighted by atomic mass is 79.9. The van der Waals surface area contributed by atoms with Gasteiger partial charge in [-0.05, 0) is 71.2 Å². The van der Waals surface area contributed by atoms with Crippen LogP contribution in [-0.4, -0.2) is 7.05 Å². The second-order valence-electron chi connectivity index (χ2n) is 5.53. The lowest BCUT2D eigenvalue weighted by atomic mass is 10.0. The molecule has 3 heteroatoms. The van der Waals surface area contributed by atoms with Crippen molar-refractivity contribution in [2.45, 2.75) is 32.7 Å². The van der Waals surface area contributed by atoms with E-state index in [1.165, 1.54) is 11.1 Å². The third-order valence-electron chi connectivity index (χ3n) is 3.66. The highest BCUT2D eigenvalue weighted by molar-refractivity contribution is 9.10. The van der Waals surface area contributed by atoms with Crippen molar-refractivity contribution < 1.29 is 4.74 Å². The Kier molecular flexibility index (Phi) is 5.43. The van der Waals surface area contributed by atoms with Crippen LogP contribution < -0.4 is 10.1 Å². The second kappa shape index (κ2) is 7.10. The highest BCUT2D eigenvalue weighted by Gasteiger charge is 2.08. The highest BCUT2D eigenvalue weighted by Crippen LogP contribution is 2.32. The molecule has 0 fully saturated rings. The average molecular weight is 348 g/mol. The molecule has 2 aromatic rings. The van der Waals surface area contributed by atoms with Crippen LogP contribution in [0.15, 0.2) is 46.9 Å². The maximum absolute atomic E-state index is 5.94. The number of rotatable bonds is 5. The molecule has 0 aliphatic carbocycles. The van der Waals surface area contributed by atoms with Crippen molar-refractivity contribution >= 4 is 15.9 Å². The van der Waals surface area contributed by atoms with E-state index in [0.717, 1.165) is 16.0 Å². The van der Waals surface area contributed by atoms with Crippen molar-refractivity contribution in [3.63, 3.8) is 0 Å². The summed E-state index contributed by atoms with van der Waals surface area (Å²) in [6.07, 6.45) is 0.